The number of Topliss-reactive ketones (excluding diaryl/α,β-unsaturated/α-hetero) is 1. The zero-order chi connectivity index (χ0) is 45.0. The van der Waals surface area contributed by atoms with Crippen molar-refractivity contribution in [2.24, 2.45) is 41.4 Å². The predicted molar refractivity (Wildman–Crippen MR) is 224 cm³/mol. The van der Waals surface area contributed by atoms with Crippen LogP contribution in [0.2, 0.25) is 0 Å². The summed E-state index contributed by atoms with van der Waals surface area (Å²) in [6, 6.07) is 0. The van der Waals surface area contributed by atoms with E-state index in [1.165, 1.54) is 0 Å². The molecule has 0 bridgehead atoms. The lowest BCUT2D eigenvalue weighted by molar-refractivity contribution is -0.386. The molecule has 61 heavy (non-hydrogen) atoms. The Labute approximate surface area is 363 Å². The first-order valence-electron chi connectivity index (χ1n) is 23.2. The van der Waals surface area contributed by atoms with Gasteiger partial charge in [0.05, 0.1) is 60.9 Å². The second-order valence-corrected chi connectivity index (χ2v) is 20.7. The van der Waals surface area contributed by atoms with E-state index in [-0.39, 0.29) is 60.4 Å². The second kappa shape index (κ2) is 18.4. The maximum absolute atomic E-state index is 13.4. The highest BCUT2D eigenvalue weighted by atomic mass is 16.8. The Morgan fingerprint density at radius 1 is 0.836 bits per heavy atom. The summed E-state index contributed by atoms with van der Waals surface area (Å²) in [6.07, 6.45) is 3.79. The highest BCUT2D eigenvalue weighted by molar-refractivity contribution is 5.96. The molecule has 0 aromatic carbocycles. The van der Waals surface area contributed by atoms with Crippen molar-refractivity contribution in [1.82, 2.24) is 0 Å². The molecule has 350 valence electrons. The number of allylic oxidation sites excluding steroid dienone is 1. The van der Waals surface area contributed by atoms with E-state index in [0.717, 1.165) is 12.8 Å². The molecule has 20 unspecified atom stereocenters. The highest BCUT2D eigenvalue weighted by Gasteiger charge is 2.68. The van der Waals surface area contributed by atoms with Gasteiger partial charge in [-0.25, -0.2) is 0 Å². The van der Waals surface area contributed by atoms with Crippen LogP contribution < -0.4 is 0 Å². The molecule has 0 radical (unpaired) electrons. The van der Waals surface area contributed by atoms with Crippen LogP contribution in [0, 0.1) is 41.4 Å². The van der Waals surface area contributed by atoms with Crippen molar-refractivity contribution < 1.29 is 67.9 Å². The summed E-state index contributed by atoms with van der Waals surface area (Å²) in [4.78, 5) is 25.0. The lowest BCUT2D eigenvalue weighted by Crippen LogP contribution is -2.61. The van der Waals surface area contributed by atoms with Crippen molar-refractivity contribution in [2.75, 3.05) is 13.7 Å². The lowest BCUT2D eigenvalue weighted by atomic mass is 9.77. The first-order valence-corrected chi connectivity index (χ1v) is 23.2. The number of aliphatic hydroxyl groups is 3. The molecule has 0 amide bonds. The monoisotopic (exact) mass is 867 g/mol. The van der Waals surface area contributed by atoms with E-state index in [9.17, 15) is 30.0 Å². The fraction of sp³-hybridized carbons (Fsp3) is 0.915. The van der Waals surface area contributed by atoms with E-state index in [2.05, 4.69) is 13.8 Å². The van der Waals surface area contributed by atoms with Crippen LogP contribution in [0.4, 0.5) is 0 Å². The topological polar surface area (TPSA) is 189 Å². The first-order chi connectivity index (χ1) is 28.4. The summed E-state index contributed by atoms with van der Waals surface area (Å²) in [7, 11) is 1.69. The third kappa shape index (κ3) is 9.44. The number of hydrogen-bond acceptors (Lipinski definition) is 13. The van der Waals surface area contributed by atoms with Crippen molar-refractivity contribution in [2.45, 2.75) is 218 Å². The van der Waals surface area contributed by atoms with Crippen LogP contribution in [0.25, 0.3) is 0 Å². The van der Waals surface area contributed by atoms with Crippen LogP contribution in [0.15, 0.2) is 11.6 Å². The maximum atomic E-state index is 13.4. The van der Waals surface area contributed by atoms with Crippen LogP contribution in [0.5, 0.6) is 0 Å². The smallest absolute Gasteiger partial charge is 0.306 e. The van der Waals surface area contributed by atoms with Crippen molar-refractivity contribution in [1.29, 1.82) is 0 Å². The quantitative estimate of drug-likeness (QED) is 0.151. The SMILES string of the molecule is COC1CCC(OC2CC3(CC(O)C(C)C(C(C)C=C(C)C(=O)C(C)CC(C)C(=O)O)O3)OC2(C)C2CCC(C)C3(O2)OC(C)(C2CCC(C)C(O)(CO)O2)CC3C)OC1C. The van der Waals surface area contributed by atoms with Gasteiger partial charge in [-0.3, -0.25) is 9.59 Å². The molecule has 20 atom stereocenters. The van der Waals surface area contributed by atoms with Crippen molar-refractivity contribution >= 4 is 11.8 Å². The Bertz CT molecular complexity index is 1590. The molecule has 0 aromatic heterocycles. The summed E-state index contributed by atoms with van der Waals surface area (Å²) in [5.74, 6) is -6.93. The number of carbonyl (C=O) groups excluding carboxylic acids is 1. The zero-order valence-corrected chi connectivity index (χ0v) is 38.9. The van der Waals surface area contributed by atoms with Crippen LogP contribution in [0.1, 0.15) is 140 Å². The Balaban J connectivity index is 1.28. The third-order valence-corrected chi connectivity index (χ3v) is 15.9. The van der Waals surface area contributed by atoms with Crippen LogP contribution in [-0.4, -0.2) is 123 Å². The number of carbonyl (C=O) groups is 2. The van der Waals surface area contributed by atoms with Crippen LogP contribution >= 0.6 is 0 Å². The fourth-order valence-corrected chi connectivity index (χ4v) is 11.8. The van der Waals surface area contributed by atoms with Gasteiger partial charge in [-0.2, -0.15) is 0 Å². The van der Waals surface area contributed by atoms with Gasteiger partial charge in [0.15, 0.2) is 29.4 Å². The van der Waals surface area contributed by atoms with Gasteiger partial charge in [0, 0.05) is 61.9 Å². The highest BCUT2D eigenvalue weighted by Crippen LogP contribution is 2.58. The number of carboxylic acid groups (broad SMARTS) is 1. The van der Waals surface area contributed by atoms with E-state index in [4.69, 9.17) is 37.9 Å². The molecule has 14 heteroatoms. The molecule has 4 N–H and O–H groups in total. The standard InChI is InChI=1S/C47H78O14/c1-25(40(50)26(2)20-28(4)42(51)52)19-27(3)41-32(8)34(49)22-45(59-41)23-38(56-39-18-15-35(54-12)33(9)55-39)44(11,61-45)37-17-14-30(6)47(58-37)31(7)21-43(10,60-47)36-16-13-29(5)46(53,24-48)57-36/h19,26-39,41,48-49,53H,13-18,20-24H2,1-12H3,(H,51,52). The lowest BCUT2D eigenvalue weighted by Gasteiger charge is -2.52. The summed E-state index contributed by atoms with van der Waals surface area (Å²) in [5, 5.41) is 42.6. The number of ether oxygens (including phenoxy) is 8. The minimum absolute atomic E-state index is 0.0123. The van der Waals surface area contributed by atoms with Gasteiger partial charge < -0.3 is 58.3 Å². The summed E-state index contributed by atoms with van der Waals surface area (Å²) >= 11 is 0. The summed E-state index contributed by atoms with van der Waals surface area (Å²) in [6.45, 7) is 20.8. The third-order valence-electron chi connectivity index (χ3n) is 15.9. The molecular weight excluding hydrogens is 789 g/mol. The molecular formula is C47H78O14. The molecule has 6 rings (SSSR count). The average molecular weight is 867 g/mol. The van der Waals surface area contributed by atoms with Crippen molar-refractivity contribution in [3.8, 4) is 0 Å². The molecule has 6 aliphatic heterocycles. The minimum atomic E-state index is -1.65. The number of ketones is 1. The summed E-state index contributed by atoms with van der Waals surface area (Å²) < 4.78 is 54.2. The normalized spacial score (nSPS) is 48.6. The van der Waals surface area contributed by atoms with Gasteiger partial charge in [-0.05, 0) is 78.2 Å². The van der Waals surface area contributed by atoms with E-state index in [1.807, 2.05) is 47.6 Å². The number of aliphatic hydroxyl groups excluding tert-OH is 2. The number of aliphatic carboxylic acids is 1. The molecule has 0 aromatic rings. The number of rotatable bonds is 13. The number of hydrogen-bond donors (Lipinski definition) is 4. The fourth-order valence-electron chi connectivity index (χ4n) is 11.8. The Kier molecular flexibility index (Phi) is 14.7. The maximum Gasteiger partial charge on any atom is 0.306 e. The molecule has 0 saturated carbocycles. The zero-order valence-electron chi connectivity index (χ0n) is 38.9. The second-order valence-electron chi connectivity index (χ2n) is 20.7. The number of carboxylic acids is 1. The summed E-state index contributed by atoms with van der Waals surface area (Å²) in [5.41, 5.74) is -1.35. The van der Waals surface area contributed by atoms with E-state index < -0.39 is 89.8 Å². The minimum Gasteiger partial charge on any atom is -0.481 e. The molecule has 14 nitrogen and oxygen atoms in total. The molecule has 6 fully saturated rings. The van der Waals surface area contributed by atoms with Crippen LogP contribution in [0.3, 0.4) is 0 Å². The molecule has 6 heterocycles. The average Bonchev–Trinajstić information content (AvgIpc) is 3.63. The first kappa shape index (κ1) is 48.9. The number of methoxy groups -OCH3 is 1. The van der Waals surface area contributed by atoms with Gasteiger partial charge >= 0.3 is 5.97 Å². The largest absolute Gasteiger partial charge is 0.481 e. The van der Waals surface area contributed by atoms with E-state index >= 15 is 0 Å². The Morgan fingerprint density at radius 2 is 1.51 bits per heavy atom. The molecule has 6 saturated heterocycles. The Hall–Kier alpha value is -1.56. The van der Waals surface area contributed by atoms with Crippen molar-refractivity contribution in [3.63, 3.8) is 0 Å². The molecule has 6 aliphatic rings. The Morgan fingerprint density at radius 3 is 2.15 bits per heavy atom. The van der Waals surface area contributed by atoms with Gasteiger partial charge in [-0.15, -0.1) is 0 Å². The van der Waals surface area contributed by atoms with E-state index in [1.54, 1.807) is 27.9 Å². The van der Waals surface area contributed by atoms with Gasteiger partial charge in [0.2, 0.25) is 0 Å². The van der Waals surface area contributed by atoms with Crippen LogP contribution in [-0.2, 0) is 47.5 Å². The molecule has 0 aliphatic carbocycles. The predicted octanol–water partition coefficient (Wildman–Crippen LogP) is 6.29. The van der Waals surface area contributed by atoms with Crippen molar-refractivity contribution in [3.05, 3.63) is 11.6 Å². The van der Waals surface area contributed by atoms with Gasteiger partial charge in [-0.1, -0.05) is 54.5 Å². The van der Waals surface area contributed by atoms with E-state index in [0.29, 0.717) is 44.1 Å². The van der Waals surface area contributed by atoms with Gasteiger partial charge in [0.1, 0.15) is 5.60 Å². The van der Waals surface area contributed by atoms with Gasteiger partial charge in [0.25, 0.3) is 0 Å². The molecule has 2 spiro atoms.